The van der Waals surface area contributed by atoms with Gasteiger partial charge in [0.15, 0.2) is 5.82 Å². The van der Waals surface area contributed by atoms with Gasteiger partial charge in [-0.2, -0.15) is 5.10 Å². The number of hydrogen-bond acceptors (Lipinski definition) is 8. The van der Waals surface area contributed by atoms with Crippen molar-refractivity contribution in [2.75, 3.05) is 20.0 Å². The average Bonchev–Trinajstić information content (AvgIpc) is 3.21. The minimum absolute atomic E-state index is 0.0439. The van der Waals surface area contributed by atoms with Gasteiger partial charge >= 0.3 is 5.97 Å². The second-order valence-electron chi connectivity index (χ2n) is 6.60. The molecule has 0 fully saturated rings. The number of rotatable bonds is 5. The fourth-order valence-corrected chi connectivity index (χ4v) is 2.97. The highest BCUT2D eigenvalue weighted by Gasteiger charge is 2.21. The summed E-state index contributed by atoms with van der Waals surface area (Å²) >= 11 is 0. The molecule has 160 valence electrons. The fourth-order valence-electron chi connectivity index (χ4n) is 2.97. The summed E-state index contributed by atoms with van der Waals surface area (Å²) in [6, 6.07) is 14.6. The standard InChI is InChI=1S/C23H19N5O4/c1-30-17-10-16(11-18(12-17)31-2)8-9-19-20-21(24)25-14-26-28(20)22(27-19)23(29)32-13-15-6-4-3-5-7-15/h3-7,10-12,14H,13H2,1-2H3,(H2,24,25,26). The van der Waals surface area contributed by atoms with E-state index in [-0.39, 0.29) is 23.9 Å². The number of nitrogens with zero attached hydrogens (tertiary/aromatic N) is 4. The summed E-state index contributed by atoms with van der Waals surface area (Å²) in [5, 5.41) is 4.10. The molecule has 32 heavy (non-hydrogen) atoms. The summed E-state index contributed by atoms with van der Waals surface area (Å²) in [7, 11) is 3.11. The lowest BCUT2D eigenvalue weighted by Gasteiger charge is -2.04. The first-order valence-corrected chi connectivity index (χ1v) is 9.54. The molecule has 2 N–H and O–H groups in total. The number of imidazole rings is 1. The number of esters is 1. The minimum Gasteiger partial charge on any atom is -0.497 e. The van der Waals surface area contributed by atoms with Gasteiger partial charge < -0.3 is 19.9 Å². The van der Waals surface area contributed by atoms with E-state index in [4.69, 9.17) is 19.9 Å². The molecule has 9 nitrogen and oxygen atoms in total. The van der Waals surface area contributed by atoms with Crippen LogP contribution in [0.5, 0.6) is 11.5 Å². The monoisotopic (exact) mass is 429 g/mol. The van der Waals surface area contributed by atoms with Gasteiger partial charge in [0.1, 0.15) is 35.6 Å². The van der Waals surface area contributed by atoms with Gasteiger partial charge in [0.05, 0.1) is 14.2 Å². The molecular weight excluding hydrogens is 410 g/mol. The first kappa shape index (κ1) is 20.7. The van der Waals surface area contributed by atoms with Crippen molar-refractivity contribution < 1.29 is 19.0 Å². The van der Waals surface area contributed by atoms with E-state index in [1.807, 2.05) is 30.3 Å². The van der Waals surface area contributed by atoms with E-state index in [1.54, 1.807) is 32.4 Å². The van der Waals surface area contributed by atoms with Crippen molar-refractivity contribution in [3.63, 3.8) is 0 Å². The lowest BCUT2D eigenvalue weighted by Crippen LogP contribution is -2.12. The molecule has 0 radical (unpaired) electrons. The number of benzene rings is 2. The number of aromatic nitrogens is 4. The number of methoxy groups -OCH3 is 2. The Kier molecular flexibility index (Phi) is 5.85. The predicted octanol–water partition coefficient (Wildman–Crippen LogP) is 2.48. The lowest BCUT2D eigenvalue weighted by molar-refractivity contribution is 0.0455. The van der Waals surface area contributed by atoms with Gasteiger partial charge in [-0.15, -0.1) is 0 Å². The first-order chi connectivity index (χ1) is 15.6. The van der Waals surface area contributed by atoms with Crippen LogP contribution in [-0.4, -0.2) is 39.8 Å². The van der Waals surface area contributed by atoms with Crippen molar-refractivity contribution in [3.05, 3.63) is 77.5 Å². The quantitative estimate of drug-likeness (QED) is 0.380. The maximum atomic E-state index is 12.7. The van der Waals surface area contributed by atoms with Gasteiger partial charge in [-0.05, 0) is 23.6 Å². The van der Waals surface area contributed by atoms with Crippen LogP contribution in [0.2, 0.25) is 0 Å². The van der Waals surface area contributed by atoms with Crippen LogP contribution in [0.1, 0.15) is 27.4 Å². The molecule has 0 spiro atoms. The van der Waals surface area contributed by atoms with Crippen molar-refractivity contribution >= 4 is 17.3 Å². The normalized spacial score (nSPS) is 10.3. The molecule has 2 aromatic heterocycles. The zero-order valence-electron chi connectivity index (χ0n) is 17.4. The molecule has 4 aromatic rings. The molecular formula is C23H19N5O4. The molecule has 9 heteroatoms. The Morgan fingerprint density at radius 2 is 1.78 bits per heavy atom. The number of hydrogen-bond donors (Lipinski definition) is 1. The molecule has 0 atom stereocenters. The van der Waals surface area contributed by atoms with Crippen LogP contribution in [0.3, 0.4) is 0 Å². The summed E-state index contributed by atoms with van der Waals surface area (Å²) in [5.41, 5.74) is 8.07. The number of nitrogens with two attached hydrogens (primary N) is 1. The number of fused-ring (bicyclic) bond motifs is 1. The second kappa shape index (κ2) is 9.06. The molecule has 0 aliphatic rings. The van der Waals surface area contributed by atoms with Crippen molar-refractivity contribution in [1.82, 2.24) is 19.6 Å². The summed E-state index contributed by atoms with van der Waals surface area (Å²) in [4.78, 5) is 21.0. The highest BCUT2D eigenvalue weighted by molar-refractivity contribution is 5.89. The van der Waals surface area contributed by atoms with E-state index in [9.17, 15) is 4.79 Å². The third kappa shape index (κ3) is 4.29. The fraction of sp³-hybridized carbons (Fsp3) is 0.130. The molecule has 2 heterocycles. The van der Waals surface area contributed by atoms with Crippen molar-refractivity contribution in [3.8, 4) is 23.3 Å². The summed E-state index contributed by atoms with van der Waals surface area (Å²) in [6.07, 6.45) is 1.24. The lowest BCUT2D eigenvalue weighted by atomic mass is 10.2. The largest absolute Gasteiger partial charge is 0.497 e. The second-order valence-corrected chi connectivity index (χ2v) is 6.60. The maximum Gasteiger partial charge on any atom is 0.376 e. The molecule has 4 rings (SSSR count). The highest BCUT2D eigenvalue weighted by atomic mass is 16.5. The van der Waals surface area contributed by atoms with E-state index >= 15 is 0 Å². The third-order valence-corrected chi connectivity index (χ3v) is 4.53. The molecule has 0 saturated carbocycles. The molecule has 0 unspecified atom stereocenters. The highest BCUT2D eigenvalue weighted by Crippen LogP contribution is 2.22. The van der Waals surface area contributed by atoms with E-state index in [0.29, 0.717) is 22.6 Å². The summed E-state index contributed by atoms with van der Waals surface area (Å²) < 4.78 is 17.2. The van der Waals surface area contributed by atoms with Gasteiger partial charge in [-0.1, -0.05) is 36.3 Å². The SMILES string of the molecule is COc1cc(C#Cc2nc(C(=O)OCc3ccccc3)n3ncnc(N)c23)cc(OC)c1. The zero-order valence-corrected chi connectivity index (χ0v) is 17.4. The Hall–Kier alpha value is -4.58. The Morgan fingerprint density at radius 3 is 2.47 bits per heavy atom. The number of ether oxygens (including phenoxy) is 3. The predicted molar refractivity (Wildman–Crippen MR) is 116 cm³/mol. The number of anilines is 1. The van der Waals surface area contributed by atoms with Crippen LogP contribution in [-0.2, 0) is 11.3 Å². The molecule has 0 amide bonds. The van der Waals surface area contributed by atoms with Crippen LogP contribution >= 0.6 is 0 Å². The number of carbonyl (C=O) groups excluding carboxylic acids is 1. The smallest absolute Gasteiger partial charge is 0.376 e. The molecule has 2 aromatic carbocycles. The minimum atomic E-state index is -0.655. The van der Waals surface area contributed by atoms with Crippen molar-refractivity contribution in [2.45, 2.75) is 6.61 Å². The Labute approximate surface area is 183 Å². The van der Waals surface area contributed by atoms with E-state index in [2.05, 4.69) is 26.9 Å². The van der Waals surface area contributed by atoms with E-state index in [1.165, 1.54) is 10.8 Å². The van der Waals surface area contributed by atoms with Crippen molar-refractivity contribution in [1.29, 1.82) is 0 Å². The van der Waals surface area contributed by atoms with Crippen LogP contribution in [0, 0.1) is 11.8 Å². The summed E-state index contributed by atoms with van der Waals surface area (Å²) in [5.74, 6) is 6.56. The molecule has 0 saturated heterocycles. The Bertz CT molecular complexity index is 1320. The average molecular weight is 429 g/mol. The van der Waals surface area contributed by atoms with Gasteiger partial charge in [-0.25, -0.2) is 19.3 Å². The molecule has 0 bridgehead atoms. The Morgan fingerprint density at radius 1 is 1.06 bits per heavy atom. The molecule has 0 aliphatic heterocycles. The van der Waals surface area contributed by atoms with Crippen LogP contribution in [0.4, 0.5) is 5.82 Å². The zero-order chi connectivity index (χ0) is 22.5. The van der Waals surface area contributed by atoms with Gasteiger partial charge in [0.2, 0.25) is 5.82 Å². The number of nitrogen functional groups attached to an aromatic ring is 1. The topological polar surface area (TPSA) is 114 Å². The maximum absolute atomic E-state index is 12.7. The number of carbonyl (C=O) groups is 1. The third-order valence-electron chi connectivity index (χ3n) is 4.53. The van der Waals surface area contributed by atoms with E-state index < -0.39 is 5.97 Å². The summed E-state index contributed by atoms with van der Waals surface area (Å²) in [6.45, 7) is 0.0970. The van der Waals surface area contributed by atoms with Crippen LogP contribution < -0.4 is 15.2 Å². The Balaban J connectivity index is 1.70. The first-order valence-electron chi connectivity index (χ1n) is 9.54. The van der Waals surface area contributed by atoms with Crippen LogP contribution in [0.25, 0.3) is 5.52 Å². The van der Waals surface area contributed by atoms with Gasteiger partial charge in [-0.3, -0.25) is 0 Å². The van der Waals surface area contributed by atoms with E-state index in [0.717, 1.165) is 5.56 Å². The van der Waals surface area contributed by atoms with Crippen molar-refractivity contribution in [2.24, 2.45) is 0 Å². The van der Waals surface area contributed by atoms with Gasteiger partial charge in [0.25, 0.3) is 0 Å². The van der Waals surface area contributed by atoms with Gasteiger partial charge in [0, 0.05) is 11.6 Å². The molecule has 0 aliphatic carbocycles. The van der Waals surface area contributed by atoms with Crippen LogP contribution in [0.15, 0.2) is 54.9 Å².